The number of rotatable bonds is 4. The number of H-pyrrole nitrogens is 1. The van der Waals surface area contributed by atoms with Crippen molar-refractivity contribution in [2.75, 3.05) is 13.1 Å². The van der Waals surface area contributed by atoms with Gasteiger partial charge in [-0.1, -0.05) is 5.16 Å². The van der Waals surface area contributed by atoms with Crippen molar-refractivity contribution in [3.05, 3.63) is 41.0 Å². The Hall–Kier alpha value is -2.63. The Morgan fingerprint density at radius 2 is 2.46 bits per heavy atom. The zero-order chi connectivity index (χ0) is 17.1. The first kappa shape index (κ1) is 16.2. The molecule has 3 N–H and O–H groups in total. The van der Waals surface area contributed by atoms with Gasteiger partial charge in [-0.3, -0.25) is 9.69 Å². The molecule has 1 saturated heterocycles. The van der Waals surface area contributed by atoms with Gasteiger partial charge in [-0.25, -0.2) is 0 Å². The molecule has 0 saturated carbocycles. The van der Waals surface area contributed by atoms with Crippen LogP contribution in [0.5, 0.6) is 0 Å². The first-order valence-electron chi connectivity index (χ1n) is 7.77. The number of aliphatic hydroxyl groups is 1. The van der Waals surface area contributed by atoms with E-state index in [0.717, 1.165) is 12.1 Å². The quantitative estimate of drug-likeness (QED) is 0.754. The van der Waals surface area contributed by atoms with Crippen LogP contribution < -0.4 is 5.32 Å². The number of nitriles is 1. The van der Waals surface area contributed by atoms with Gasteiger partial charge < -0.3 is 19.9 Å². The Balaban J connectivity index is 1.53. The Labute approximate surface area is 139 Å². The zero-order valence-electron chi connectivity index (χ0n) is 13.3. The highest BCUT2D eigenvalue weighted by Crippen LogP contribution is 2.16. The molecule has 8 heteroatoms. The number of likely N-dealkylation sites (tertiary alicyclic amines) is 1. The summed E-state index contributed by atoms with van der Waals surface area (Å²) in [6.07, 6.45) is 1.77. The van der Waals surface area contributed by atoms with E-state index < -0.39 is 6.10 Å². The molecule has 1 amide bonds. The van der Waals surface area contributed by atoms with E-state index in [-0.39, 0.29) is 17.6 Å². The van der Waals surface area contributed by atoms with Gasteiger partial charge in [-0.05, 0) is 25.0 Å². The lowest BCUT2D eigenvalue weighted by molar-refractivity contribution is 0.0348. The number of nitrogens with one attached hydrogen (secondary N) is 2. The molecule has 126 valence electrons. The number of hydrogen-bond acceptors (Lipinski definition) is 6. The number of hydrogen-bond donors (Lipinski definition) is 3. The molecule has 24 heavy (non-hydrogen) atoms. The normalized spacial score (nSPS) is 21.4. The highest BCUT2D eigenvalue weighted by Gasteiger charge is 2.29. The number of aromatic amines is 1. The standard InChI is InChI=1S/C16H19N5O3/c1-10-4-14(20-24-10)16(23)19-13-2-3-21(9-15(13)22)8-11-5-12(6-17)18-7-11/h4-5,7,13,15,18,22H,2-3,8-9H2,1H3,(H,19,23)/t13-,15-/m1/s1. The number of amides is 1. The second-order valence-corrected chi connectivity index (χ2v) is 6.03. The van der Waals surface area contributed by atoms with Crippen molar-refractivity contribution in [2.45, 2.75) is 32.0 Å². The number of carbonyl (C=O) groups excluding carboxylic acids is 1. The SMILES string of the molecule is Cc1cc(C(=O)N[C@@H]2CCN(Cc3c[nH]c(C#N)c3)C[C@H]2O)no1. The lowest BCUT2D eigenvalue weighted by Gasteiger charge is -2.36. The van der Waals surface area contributed by atoms with E-state index in [4.69, 9.17) is 9.78 Å². The highest BCUT2D eigenvalue weighted by atomic mass is 16.5. The number of aliphatic hydroxyl groups excluding tert-OH is 1. The van der Waals surface area contributed by atoms with Crippen molar-refractivity contribution in [3.63, 3.8) is 0 Å². The Bertz CT molecular complexity index is 760. The smallest absolute Gasteiger partial charge is 0.273 e. The monoisotopic (exact) mass is 329 g/mol. The summed E-state index contributed by atoms with van der Waals surface area (Å²) in [4.78, 5) is 17.1. The topological polar surface area (TPSA) is 118 Å². The van der Waals surface area contributed by atoms with E-state index in [1.165, 1.54) is 0 Å². The molecule has 8 nitrogen and oxygen atoms in total. The maximum absolute atomic E-state index is 12.1. The number of aromatic nitrogens is 2. The summed E-state index contributed by atoms with van der Waals surface area (Å²) in [6.45, 7) is 3.57. The van der Waals surface area contributed by atoms with Gasteiger partial charge >= 0.3 is 0 Å². The Morgan fingerprint density at radius 3 is 3.08 bits per heavy atom. The van der Waals surface area contributed by atoms with Crippen LogP contribution >= 0.6 is 0 Å². The average molecular weight is 329 g/mol. The second-order valence-electron chi connectivity index (χ2n) is 6.03. The number of carbonyl (C=O) groups is 1. The number of nitrogens with zero attached hydrogens (tertiary/aromatic N) is 3. The fourth-order valence-electron chi connectivity index (χ4n) is 2.88. The van der Waals surface area contributed by atoms with Crippen LogP contribution in [0.3, 0.4) is 0 Å². The van der Waals surface area contributed by atoms with Gasteiger partial charge in [0.1, 0.15) is 17.5 Å². The fourth-order valence-corrected chi connectivity index (χ4v) is 2.88. The fraction of sp³-hybridized carbons (Fsp3) is 0.438. The lowest BCUT2D eigenvalue weighted by atomic mass is 10.0. The summed E-state index contributed by atoms with van der Waals surface area (Å²) >= 11 is 0. The summed E-state index contributed by atoms with van der Waals surface area (Å²) in [5, 5.41) is 25.6. The van der Waals surface area contributed by atoms with Crippen LogP contribution in [0.15, 0.2) is 22.9 Å². The minimum absolute atomic E-state index is 0.221. The highest BCUT2D eigenvalue weighted by molar-refractivity contribution is 5.92. The molecule has 0 unspecified atom stereocenters. The summed E-state index contributed by atoms with van der Waals surface area (Å²) in [7, 11) is 0. The molecule has 3 heterocycles. The third kappa shape index (κ3) is 3.64. The minimum Gasteiger partial charge on any atom is -0.390 e. The average Bonchev–Trinajstić information content (AvgIpc) is 3.19. The van der Waals surface area contributed by atoms with Crippen molar-refractivity contribution in [1.82, 2.24) is 20.4 Å². The predicted molar refractivity (Wildman–Crippen MR) is 83.9 cm³/mol. The maximum Gasteiger partial charge on any atom is 0.273 e. The van der Waals surface area contributed by atoms with Crippen molar-refractivity contribution < 1.29 is 14.4 Å². The van der Waals surface area contributed by atoms with Gasteiger partial charge in [0.05, 0.1) is 12.1 Å². The van der Waals surface area contributed by atoms with E-state index >= 15 is 0 Å². The summed E-state index contributed by atoms with van der Waals surface area (Å²) in [5.74, 6) is 0.229. The molecule has 0 bridgehead atoms. The van der Waals surface area contributed by atoms with Crippen LogP contribution in [0.1, 0.15) is 33.9 Å². The molecular formula is C16H19N5O3. The van der Waals surface area contributed by atoms with Crippen LogP contribution in [0, 0.1) is 18.3 Å². The number of β-amino-alcohol motifs (C(OH)–C–C–N with tert-alkyl or cyclic N) is 1. The van der Waals surface area contributed by atoms with Crippen molar-refractivity contribution >= 4 is 5.91 Å². The largest absolute Gasteiger partial charge is 0.390 e. The van der Waals surface area contributed by atoms with E-state index in [0.29, 0.717) is 31.0 Å². The van der Waals surface area contributed by atoms with Crippen molar-refractivity contribution in [2.24, 2.45) is 0 Å². The maximum atomic E-state index is 12.1. The third-order valence-corrected chi connectivity index (χ3v) is 4.11. The van der Waals surface area contributed by atoms with Crippen LogP contribution in [0.4, 0.5) is 0 Å². The predicted octanol–water partition coefficient (Wildman–Crippen LogP) is 0.548. The molecule has 2 aromatic heterocycles. The molecule has 2 aromatic rings. The van der Waals surface area contributed by atoms with Crippen molar-refractivity contribution in [1.29, 1.82) is 5.26 Å². The molecule has 1 aliphatic rings. The second kappa shape index (κ2) is 6.86. The van der Waals surface area contributed by atoms with E-state index in [1.54, 1.807) is 25.3 Å². The lowest BCUT2D eigenvalue weighted by Crippen LogP contribution is -2.53. The van der Waals surface area contributed by atoms with Gasteiger partial charge in [-0.2, -0.15) is 5.26 Å². The van der Waals surface area contributed by atoms with Gasteiger partial charge in [-0.15, -0.1) is 0 Å². The molecule has 1 fully saturated rings. The molecule has 0 spiro atoms. The number of aryl methyl sites for hydroxylation is 1. The van der Waals surface area contributed by atoms with Crippen LogP contribution in [-0.4, -0.2) is 51.3 Å². The Morgan fingerprint density at radius 1 is 1.62 bits per heavy atom. The summed E-state index contributed by atoms with van der Waals surface area (Å²) in [6, 6.07) is 5.11. The molecule has 2 atom stereocenters. The number of piperidine rings is 1. The van der Waals surface area contributed by atoms with Crippen molar-refractivity contribution in [3.8, 4) is 6.07 Å². The Kier molecular flexibility index (Phi) is 4.64. The minimum atomic E-state index is -0.662. The third-order valence-electron chi connectivity index (χ3n) is 4.11. The van der Waals surface area contributed by atoms with E-state index in [1.807, 2.05) is 0 Å². The first-order chi connectivity index (χ1) is 11.5. The zero-order valence-corrected chi connectivity index (χ0v) is 13.3. The first-order valence-corrected chi connectivity index (χ1v) is 7.77. The molecular weight excluding hydrogens is 310 g/mol. The van der Waals surface area contributed by atoms with Gasteiger partial charge in [0, 0.05) is 31.9 Å². The van der Waals surface area contributed by atoms with Crippen LogP contribution in [0.2, 0.25) is 0 Å². The van der Waals surface area contributed by atoms with Gasteiger partial charge in [0.15, 0.2) is 5.69 Å². The molecule has 1 aliphatic heterocycles. The van der Waals surface area contributed by atoms with E-state index in [9.17, 15) is 9.90 Å². The summed E-state index contributed by atoms with van der Waals surface area (Å²) < 4.78 is 4.89. The van der Waals surface area contributed by atoms with Crippen LogP contribution in [-0.2, 0) is 6.54 Å². The summed E-state index contributed by atoms with van der Waals surface area (Å²) in [5.41, 5.74) is 1.74. The molecule has 3 rings (SSSR count). The van der Waals surface area contributed by atoms with Crippen LogP contribution in [0.25, 0.3) is 0 Å². The van der Waals surface area contributed by atoms with Gasteiger partial charge in [0.25, 0.3) is 5.91 Å². The molecule has 0 aromatic carbocycles. The molecule has 0 aliphatic carbocycles. The van der Waals surface area contributed by atoms with Gasteiger partial charge in [0.2, 0.25) is 0 Å². The molecule has 0 radical (unpaired) electrons. The van der Waals surface area contributed by atoms with E-state index in [2.05, 4.69) is 26.4 Å².